The van der Waals surface area contributed by atoms with E-state index >= 15 is 0 Å². The second kappa shape index (κ2) is 17.7. The summed E-state index contributed by atoms with van der Waals surface area (Å²) in [5, 5.41) is -0.407. The van der Waals surface area contributed by atoms with Crippen LogP contribution in [-0.2, 0) is 60.1 Å². The first-order valence-corrected chi connectivity index (χ1v) is 17.2. The number of amides is 2. The molecule has 1 heterocycles. The fraction of sp³-hybridized carbons (Fsp3) is 0.500. The highest BCUT2D eigenvalue weighted by Crippen LogP contribution is 2.57. The first-order valence-electron chi connectivity index (χ1n) is 15.6. The number of rotatable bonds is 15. The van der Waals surface area contributed by atoms with Crippen molar-refractivity contribution in [1.82, 2.24) is 4.90 Å². The van der Waals surface area contributed by atoms with Crippen LogP contribution < -0.4 is 0 Å². The maximum atomic E-state index is 14.0. The van der Waals surface area contributed by atoms with E-state index in [1.54, 1.807) is 41.5 Å². The summed E-state index contributed by atoms with van der Waals surface area (Å²) in [7, 11) is -4.23. The van der Waals surface area contributed by atoms with Crippen molar-refractivity contribution in [3.8, 4) is 0 Å². The average molecular weight is 676 g/mol. The van der Waals surface area contributed by atoms with Crippen molar-refractivity contribution in [2.45, 2.75) is 91.8 Å². The molecule has 0 radical (unpaired) electrons. The first kappa shape index (κ1) is 38.1. The lowest BCUT2D eigenvalue weighted by Crippen LogP contribution is -2.55. The molecule has 0 unspecified atom stereocenters. The van der Waals surface area contributed by atoms with E-state index in [0.717, 1.165) is 16.0 Å². The Bertz CT molecular complexity index is 1380. The van der Waals surface area contributed by atoms with Gasteiger partial charge in [0.05, 0.1) is 33.0 Å². The van der Waals surface area contributed by atoms with Gasteiger partial charge in [-0.1, -0.05) is 60.7 Å². The van der Waals surface area contributed by atoms with Gasteiger partial charge in [-0.3, -0.25) is 9.36 Å². The molecule has 0 N–H and O–H groups in total. The van der Waals surface area contributed by atoms with Gasteiger partial charge in [-0.2, -0.15) is 0 Å². The topological polar surface area (TPSA) is 136 Å². The number of esters is 1. The Kier molecular flexibility index (Phi) is 14.3. The molecule has 12 nitrogen and oxygen atoms in total. The third-order valence-electron chi connectivity index (χ3n) is 6.70. The summed E-state index contributed by atoms with van der Waals surface area (Å²) in [5.74, 6) is -1.59. The Morgan fingerprint density at radius 3 is 1.85 bits per heavy atom. The average Bonchev–Trinajstić information content (AvgIpc) is 3.34. The van der Waals surface area contributed by atoms with Crippen LogP contribution in [0.15, 0.2) is 72.1 Å². The molecule has 0 aliphatic carbocycles. The fourth-order valence-electron chi connectivity index (χ4n) is 4.83. The van der Waals surface area contributed by atoms with Crippen LogP contribution in [-0.4, -0.2) is 72.8 Å². The molecule has 3 rings (SSSR count). The van der Waals surface area contributed by atoms with Crippen LogP contribution in [0.5, 0.6) is 0 Å². The van der Waals surface area contributed by atoms with Crippen LogP contribution in [0.1, 0.15) is 59.6 Å². The maximum absolute atomic E-state index is 14.0. The summed E-state index contributed by atoms with van der Waals surface area (Å²) in [6.07, 6.45) is -3.30. The Morgan fingerprint density at radius 1 is 0.851 bits per heavy atom. The fourth-order valence-corrected chi connectivity index (χ4v) is 6.48. The molecule has 2 aromatic rings. The molecule has 0 aromatic heterocycles. The predicted molar refractivity (Wildman–Crippen MR) is 173 cm³/mol. The van der Waals surface area contributed by atoms with Gasteiger partial charge in [-0.15, -0.1) is 0 Å². The second-order valence-corrected chi connectivity index (χ2v) is 13.5. The van der Waals surface area contributed by atoms with Gasteiger partial charge in [0, 0.05) is 6.92 Å². The number of carbonyl (C=O) groups is 3. The molecule has 0 bridgehead atoms. The van der Waals surface area contributed by atoms with E-state index in [1.165, 1.54) is 13.0 Å². The van der Waals surface area contributed by atoms with E-state index in [2.05, 4.69) is 0 Å². The second-order valence-electron chi connectivity index (χ2n) is 11.5. The van der Waals surface area contributed by atoms with E-state index in [1.807, 2.05) is 60.7 Å². The molecule has 2 aromatic carbocycles. The van der Waals surface area contributed by atoms with Crippen molar-refractivity contribution in [3.05, 3.63) is 83.2 Å². The zero-order valence-electron chi connectivity index (χ0n) is 28.1. The Balaban J connectivity index is 2.20. The van der Waals surface area contributed by atoms with Crippen LogP contribution in [0, 0.1) is 0 Å². The zero-order chi connectivity index (χ0) is 34.6. The number of hydrogen-bond acceptors (Lipinski definition) is 11. The largest absolute Gasteiger partial charge is 0.462 e. The zero-order valence-corrected chi connectivity index (χ0v) is 29.0. The highest BCUT2D eigenvalue weighted by molar-refractivity contribution is 7.59. The van der Waals surface area contributed by atoms with Crippen LogP contribution >= 0.6 is 7.60 Å². The molecule has 2 amide bonds. The highest BCUT2D eigenvalue weighted by Gasteiger charge is 2.53. The smallest absolute Gasteiger partial charge is 0.417 e. The summed E-state index contributed by atoms with van der Waals surface area (Å²) in [6.45, 7) is 11.1. The van der Waals surface area contributed by atoms with Gasteiger partial charge in [0.1, 0.15) is 29.2 Å². The molecule has 0 saturated carbocycles. The minimum atomic E-state index is -4.23. The minimum absolute atomic E-state index is 0.0178. The van der Waals surface area contributed by atoms with Gasteiger partial charge in [-0.25, -0.2) is 14.5 Å². The lowest BCUT2D eigenvalue weighted by atomic mass is 10.1. The van der Waals surface area contributed by atoms with Crippen molar-refractivity contribution in [2.24, 2.45) is 0 Å². The van der Waals surface area contributed by atoms with E-state index < -0.39 is 61.0 Å². The SMILES string of the molecule is CCOC(=O)/C(=C\[C@H]1O[C@@H](OCc2ccccc2)[C@H](N(C(C)=O)C(=O)OC(C)(C)C)[C@H]1OCc1ccccc1)P(=O)(OCC)OCC. The number of imide groups is 1. The van der Waals surface area contributed by atoms with Crippen molar-refractivity contribution < 1.29 is 51.7 Å². The Morgan fingerprint density at radius 2 is 1.38 bits per heavy atom. The van der Waals surface area contributed by atoms with Crippen LogP contribution in [0.25, 0.3) is 0 Å². The molecule has 1 aliphatic heterocycles. The van der Waals surface area contributed by atoms with Gasteiger partial charge in [-0.05, 0) is 58.7 Å². The molecule has 13 heteroatoms. The molecule has 1 fully saturated rings. The Labute approximate surface area is 276 Å². The van der Waals surface area contributed by atoms with Crippen LogP contribution in [0.2, 0.25) is 0 Å². The van der Waals surface area contributed by atoms with E-state index in [9.17, 15) is 18.9 Å². The van der Waals surface area contributed by atoms with Crippen molar-refractivity contribution in [3.63, 3.8) is 0 Å². The molecular formula is C34H46NO11P. The maximum Gasteiger partial charge on any atom is 0.417 e. The van der Waals surface area contributed by atoms with Gasteiger partial charge in [0.2, 0.25) is 5.91 Å². The van der Waals surface area contributed by atoms with E-state index in [4.69, 9.17) is 32.7 Å². The normalized spacial score (nSPS) is 20.1. The van der Waals surface area contributed by atoms with Crippen LogP contribution in [0.3, 0.4) is 0 Å². The third-order valence-corrected chi connectivity index (χ3v) is 8.82. The van der Waals surface area contributed by atoms with Crippen LogP contribution in [0.4, 0.5) is 4.79 Å². The molecule has 47 heavy (non-hydrogen) atoms. The summed E-state index contributed by atoms with van der Waals surface area (Å²) >= 11 is 0. The summed E-state index contributed by atoms with van der Waals surface area (Å²) in [5.41, 5.74) is 0.643. The monoisotopic (exact) mass is 675 g/mol. The first-order chi connectivity index (χ1) is 22.3. The number of carbonyl (C=O) groups excluding carboxylic acids is 3. The lowest BCUT2D eigenvalue weighted by molar-refractivity contribution is -0.162. The van der Waals surface area contributed by atoms with E-state index in [-0.39, 0.29) is 33.0 Å². The number of ether oxygens (including phenoxy) is 5. The highest BCUT2D eigenvalue weighted by atomic mass is 31.2. The summed E-state index contributed by atoms with van der Waals surface area (Å²) in [4.78, 5) is 41.1. The molecule has 0 spiro atoms. The van der Waals surface area contributed by atoms with Crippen molar-refractivity contribution in [1.29, 1.82) is 0 Å². The third kappa shape index (κ3) is 10.8. The number of hydrogen-bond donors (Lipinski definition) is 0. The lowest BCUT2D eigenvalue weighted by Gasteiger charge is -2.34. The van der Waals surface area contributed by atoms with E-state index in [0.29, 0.717) is 0 Å². The van der Waals surface area contributed by atoms with Crippen molar-refractivity contribution >= 4 is 25.6 Å². The van der Waals surface area contributed by atoms with Gasteiger partial charge in [0.25, 0.3) is 0 Å². The molecule has 1 aliphatic rings. The Hall–Kier alpha value is -3.38. The molecular weight excluding hydrogens is 629 g/mol. The predicted octanol–water partition coefficient (Wildman–Crippen LogP) is 6.38. The van der Waals surface area contributed by atoms with Gasteiger partial charge in [0.15, 0.2) is 6.29 Å². The van der Waals surface area contributed by atoms with Gasteiger partial charge >= 0.3 is 19.7 Å². The minimum Gasteiger partial charge on any atom is -0.462 e. The van der Waals surface area contributed by atoms with Gasteiger partial charge < -0.3 is 32.7 Å². The van der Waals surface area contributed by atoms with Crippen molar-refractivity contribution in [2.75, 3.05) is 19.8 Å². The number of nitrogens with zero attached hydrogens (tertiary/aromatic N) is 1. The number of benzene rings is 2. The summed E-state index contributed by atoms with van der Waals surface area (Å²) < 4.78 is 54.9. The molecule has 4 atom stereocenters. The standard InChI is InChI=1S/C34H46NO11P/c1-8-40-31(37)28(47(39,43-9-2)44-10-3)21-27-30(41-22-25-17-13-11-14-18-25)29(35(24(4)36)33(38)46-34(5,6)7)32(45-27)42-23-26-19-15-12-16-20-26/h11-21,27,29-30,32H,8-10,22-23H2,1-7H3/b28-21+/t27-,29-,30+,32-/m1/s1. The molecule has 1 saturated heterocycles. The quantitative estimate of drug-likeness (QED) is 0.118. The molecule has 258 valence electrons. The summed E-state index contributed by atoms with van der Waals surface area (Å²) in [6, 6.07) is 17.3.